The molecule has 4 aromatic heterocycles. The second-order valence-electron chi connectivity index (χ2n) is 8.92. The summed E-state index contributed by atoms with van der Waals surface area (Å²) in [4.78, 5) is 33.0. The molecule has 1 saturated heterocycles. The molecule has 0 spiro atoms. The Labute approximate surface area is 222 Å². The Morgan fingerprint density at radius 3 is 2.67 bits per heavy atom. The van der Waals surface area contributed by atoms with Crippen molar-refractivity contribution in [3.05, 3.63) is 73.0 Å². The Balaban J connectivity index is 1.19. The molecule has 1 aliphatic rings. The molecule has 1 unspecified atom stereocenters. The van der Waals surface area contributed by atoms with Crippen LogP contribution in [0.2, 0.25) is 0 Å². The van der Waals surface area contributed by atoms with Gasteiger partial charge < -0.3 is 15.0 Å². The molecule has 14 nitrogen and oxygen atoms in total. The van der Waals surface area contributed by atoms with Crippen LogP contribution in [0.25, 0.3) is 16.9 Å². The number of amides is 1. The van der Waals surface area contributed by atoms with Crippen molar-refractivity contribution in [3.63, 3.8) is 0 Å². The number of rotatable bonds is 8. The number of ether oxygens (including phenoxy) is 1. The molecule has 0 saturated carbocycles. The summed E-state index contributed by atoms with van der Waals surface area (Å²) < 4.78 is 8.62. The van der Waals surface area contributed by atoms with E-state index in [1.54, 1.807) is 48.6 Å². The van der Waals surface area contributed by atoms with Gasteiger partial charge in [-0.3, -0.25) is 14.5 Å². The highest BCUT2D eigenvalue weighted by Crippen LogP contribution is 2.29. The largest absolute Gasteiger partial charge is 0.497 e. The zero-order valence-corrected chi connectivity index (χ0v) is 21.2. The zero-order chi connectivity index (χ0) is 26.8. The van der Waals surface area contributed by atoms with E-state index in [1.807, 2.05) is 19.3 Å². The average Bonchev–Trinajstić information content (AvgIpc) is 3.65. The maximum absolute atomic E-state index is 13.1. The predicted molar refractivity (Wildman–Crippen MR) is 140 cm³/mol. The van der Waals surface area contributed by atoms with Crippen molar-refractivity contribution in [2.75, 3.05) is 30.4 Å². The van der Waals surface area contributed by atoms with Crippen molar-refractivity contribution < 1.29 is 9.53 Å². The third-order valence-corrected chi connectivity index (χ3v) is 6.48. The average molecular weight is 525 g/mol. The van der Waals surface area contributed by atoms with Gasteiger partial charge in [-0.15, -0.1) is 5.10 Å². The van der Waals surface area contributed by atoms with Gasteiger partial charge in [-0.05, 0) is 42.0 Å². The fourth-order valence-corrected chi connectivity index (χ4v) is 4.11. The number of carbonyl (C=O) groups is 1. The molecule has 1 aromatic carbocycles. The lowest BCUT2D eigenvalue weighted by Crippen LogP contribution is -2.38. The van der Waals surface area contributed by atoms with E-state index in [0.29, 0.717) is 28.4 Å². The fraction of sp³-hybridized carbons (Fsp3) is 0.240. The van der Waals surface area contributed by atoms with E-state index in [9.17, 15) is 4.79 Å². The quantitative estimate of drug-likeness (QED) is 0.317. The highest BCUT2D eigenvalue weighted by Gasteiger charge is 2.19. The topological polar surface area (TPSA) is 155 Å². The summed E-state index contributed by atoms with van der Waals surface area (Å²) in [7, 11) is 1.57. The first kappa shape index (κ1) is 24.1. The van der Waals surface area contributed by atoms with Crippen molar-refractivity contribution in [1.29, 1.82) is 0 Å². The summed E-state index contributed by atoms with van der Waals surface area (Å²) in [6, 6.07) is 5.25. The van der Waals surface area contributed by atoms with Crippen LogP contribution in [0.1, 0.15) is 35.4 Å². The molecule has 0 bridgehead atoms. The Morgan fingerprint density at radius 1 is 1.10 bits per heavy atom. The van der Waals surface area contributed by atoms with Gasteiger partial charge in [0.1, 0.15) is 17.8 Å². The third kappa shape index (κ3) is 4.86. The molecule has 0 radical (unpaired) electrons. The van der Waals surface area contributed by atoms with E-state index in [2.05, 4.69) is 50.8 Å². The van der Waals surface area contributed by atoms with Crippen LogP contribution in [-0.2, 0) is 0 Å². The van der Waals surface area contributed by atoms with Gasteiger partial charge in [-0.2, -0.15) is 9.78 Å². The van der Waals surface area contributed by atoms with Crippen LogP contribution in [-0.4, -0.2) is 76.0 Å². The number of tetrazole rings is 1. The molecular weight excluding hydrogens is 500 g/mol. The van der Waals surface area contributed by atoms with Gasteiger partial charge in [0.25, 0.3) is 5.91 Å². The van der Waals surface area contributed by atoms with Gasteiger partial charge in [0, 0.05) is 42.8 Å². The van der Waals surface area contributed by atoms with E-state index in [4.69, 9.17) is 4.74 Å². The van der Waals surface area contributed by atoms with Crippen LogP contribution >= 0.6 is 0 Å². The van der Waals surface area contributed by atoms with Crippen molar-refractivity contribution >= 4 is 17.5 Å². The number of nitrogens with one attached hydrogen (secondary N) is 1. The van der Waals surface area contributed by atoms with Crippen LogP contribution < -0.4 is 15.0 Å². The normalized spacial score (nSPS) is 13.5. The molecule has 1 amide bonds. The lowest BCUT2D eigenvalue weighted by atomic mass is 10.1. The molecule has 5 heterocycles. The first-order chi connectivity index (χ1) is 19.1. The van der Waals surface area contributed by atoms with Crippen LogP contribution in [0.3, 0.4) is 0 Å². The SMILES string of the molecule is COc1ccc(-n2cnnn2)c(-c2cncc(C(=O)Nc3cnn(C(C)c4cnc(N5CCC5)nc4)c3)n2)c1. The fourth-order valence-electron chi connectivity index (χ4n) is 4.11. The minimum atomic E-state index is -0.425. The molecule has 6 rings (SSSR count). The van der Waals surface area contributed by atoms with Gasteiger partial charge >= 0.3 is 0 Å². The molecule has 14 heteroatoms. The number of hydrogen-bond acceptors (Lipinski definition) is 11. The summed E-state index contributed by atoms with van der Waals surface area (Å²) in [5, 5.41) is 18.6. The highest BCUT2D eigenvalue weighted by molar-refractivity contribution is 6.02. The Morgan fingerprint density at radius 2 is 1.95 bits per heavy atom. The maximum Gasteiger partial charge on any atom is 0.275 e. The minimum absolute atomic E-state index is 0.123. The standard InChI is InChI=1S/C25H24N12O2/c1-16(17-9-27-25(28-10-17)35-6-3-7-35)36-14-18(11-30-36)31-24(38)22-13-26-12-21(32-22)20-8-19(39-2)4-5-23(20)37-15-29-33-34-37/h4-5,8-16H,3,6-7H2,1-2H3,(H,31,38). The van der Waals surface area contributed by atoms with E-state index < -0.39 is 5.91 Å². The lowest BCUT2D eigenvalue weighted by molar-refractivity contribution is 0.102. The molecule has 1 fully saturated rings. The Kier molecular flexibility index (Phi) is 6.32. The van der Waals surface area contributed by atoms with Crippen molar-refractivity contribution in [2.45, 2.75) is 19.4 Å². The summed E-state index contributed by atoms with van der Waals surface area (Å²) in [6.45, 7) is 3.97. The van der Waals surface area contributed by atoms with E-state index in [1.165, 1.54) is 23.6 Å². The van der Waals surface area contributed by atoms with Crippen LogP contribution in [0.5, 0.6) is 5.75 Å². The van der Waals surface area contributed by atoms with E-state index in [0.717, 1.165) is 24.6 Å². The first-order valence-electron chi connectivity index (χ1n) is 12.3. The minimum Gasteiger partial charge on any atom is -0.497 e. The second kappa shape index (κ2) is 10.2. The molecular formula is C25H24N12O2. The molecule has 196 valence electrons. The summed E-state index contributed by atoms with van der Waals surface area (Å²) >= 11 is 0. The number of hydrogen-bond donors (Lipinski definition) is 1. The van der Waals surface area contributed by atoms with Crippen molar-refractivity contribution in [3.8, 4) is 22.7 Å². The third-order valence-electron chi connectivity index (χ3n) is 6.48. The van der Waals surface area contributed by atoms with Crippen LogP contribution in [0, 0.1) is 0 Å². The Bertz CT molecular complexity index is 1600. The smallest absolute Gasteiger partial charge is 0.275 e. The maximum atomic E-state index is 13.1. The van der Waals surface area contributed by atoms with Gasteiger partial charge in [-0.1, -0.05) is 0 Å². The van der Waals surface area contributed by atoms with Crippen LogP contribution in [0.15, 0.2) is 61.7 Å². The van der Waals surface area contributed by atoms with Crippen molar-refractivity contribution in [2.24, 2.45) is 0 Å². The molecule has 0 aliphatic carbocycles. The number of benzene rings is 1. The number of anilines is 2. The predicted octanol–water partition coefficient (Wildman–Crippen LogP) is 2.19. The summed E-state index contributed by atoms with van der Waals surface area (Å²) in [6.07, 6.45) is 12.6. The van der Waals surface area contributed by atoms with Gasteiger partial charge in [0.2, 0.25) is 5.95 Å². The molecule has 5 aromatic rings. The Hall–Kier alpha value is -5.27. The number of nitrogens with zero attached hydrogens (tertiary/aromatic N) is 11. The van der Waals surface area contributed by atoms with Gasteiger partial charge in [0.05, 0.1) is 48.8 Å². The molecule has 1 aliphatic heterocycles. The van der Waals surface area contributed by atoms with Gasteiger partial charge in [-0.25, -0.2) is 15.0 Å². The zero-order valence-electron chi connectivity index (χ0n) is 21.2. The number of carbonyl (C=O) groups excluding carboxylic acids is 1. The van der Waals surface area contributed by atoms with Gasteiger partial charge in [0.15, 0.2) is 0 Å². The molecule has 39 heavy (non-hydrogen) atoms. The molecule has 1 N–H and O–H groups in total. The van der Waals surface area contributed by atoms with Crippen LogP contribution in [0.4, 0.5) is 11.6 Å². The summed E-state index contributed by atoms with van der Waals surface area (Å²) in [5.41, 5.74) is 3.33. The van der Waals surface area contributed by atoms with E-state index >= 15 is 0 Å². The number of methoxy groups -OCH3 is 1. The highest BCUT2D eigenvalue weighted by atomic mass is 16.5. The summed E-state index contributed by atoms with van der Waals surface area (Å²) in [5.74, 6) is 0.930. The lowest BCUT2D eigenvalue weighted by Gasteiger charge is -2.30. The monoisotopic (exact) mass is 524 g/mol. The molecule has 1 atom stereocenters. The second-order valence-corrected chi connectivity index (χ2v) is 8.92. The van der Waals surface area contributed by atoms with E-state index in [-0.39, 0.29) is 11.7 Å². The number of aromatic nitrogens is 10. The first-order valence-corrected chi connectivity index (χ1v) is 12.3. The van der Waals surface area contributed by atoms with Crippen molar-refractivity contribution in [1.82, 2.24) is 49.9 Å².